The summed E-state index contributed by atoms with van der Waals surface area (Å²) in [5.74, 6) is -2.54. The molecule has 0 bridgehead atoms. The normalized spacial score (nSPS) is 14.1. The number of alkyl halides is 3. The van der Waals surface area contributed by atoms with Gasteiger partial charge in [-0.25, -0.2) is 9.80 Å². The molecule has 1 aliphatic rings. The van der Waals surface area contributed by atoms with Gasteiger partial charge in [0, 0.05) is 17.9 Å². The molecule has 1 heterocycles. The second-order valence-corrected chi connectivity index (χ2v) is 7.06. The van der Waals surface area contributed by atoms with Gasteiger partial charge in [-0.2, -0.15) is 13.2 Å². The summed E-state index contributed by atoms with van der Waals surface area (Å²) in [6, 6.07) is 8.24. The molecule has 0 aromatic heterocycles. The van der Waals surface area contributed by atoms with E-state index in [4.69, 9.17) is 16.3 Å². The number of esters is 1. The zero-order valence-electron chi connectivity index (χ0n) is 16.2. The van der Waals surface area contributed by atoms with Crippen LogP contribution in [0.25, 0.3) is 0 Å². The molecule has 0 unspecified atom stereocenters. The van der Waals surface area contributed by atoms with Crippen LogP contribution in [-0.4, -0.2) is 30.3 Å². The van der Waals surface area contributed by atoms with E-state index in [9.17, 15) is 32.3 Å². The highest BCUT2D eigenvalue weighted by molar-refractivity contribution is 6.30. The van der Waals surface area contributed by atoms with Gasteiger partial charge in [-0.3, -0.25) is 19.8 Å². The van der Waals surface area contributed by atoms with Crippen molar-refractivity contribution in [1.29, 1.82) is 0 Å². The molecule has 3 amide bonds. The Balaban J connectivity index is 1.60. The molecule has 0 aliphatic carbocycles. The minimum atomic E-state index is -4.75. The van der Waals surface area contributed by atoms with Gasteiger partial charge in [-0.1, -0.05) is 11.6 Å². The number of hydrogen-bond donors (Lipinski definition) is 2. The van der Waals surface area contributed by atoms with Gasteiger partial charge in [-0.15, -0.1) is 0 Å². The first-order valence-corrected chi connectivity index (χ1v) is 9.48. The van der Waals surface area contributed by atoms with Gasteiger partial charge in [0.15, 0.2) is 6.61 Å². The lowest BCUT2D eigenvalue weighted by atomic mass is 10.1. The van der Waals surface area contributed by atoms with Gasteiger partial charge in [-0.05, 0) is 42.5 Å². The molecule has 0 saturated carbocycles. The molecule has 168 valence electrons. The van der Waals surface area contributed by atoms with Crippen LogP contribution in [0.2, 0.25) is 5.02 Å². The molecule has 0 atom stereocenters. The fraction of sp³-hybridized carbons (Fsp3) is 0.200. The average molecular weight is 470 g/mol. The van der Waals surface area contributed by atoms with Crippen LogP contribution in [0.3, 0.4) is 0 Å². The number of benzene rings is 2. The standard InChI is InChI=1S/C20H15ClF3N3O5/c21-12-3-6-15(14(9-12)20(22,23)24)25-17(29)10-32-19(31)11-1-4-13(5-2-11)27-18(30)8-7-16(28)26-27/h1-6,9H,7-8,10H2,(H,25,29)(H,26,28). The summed E-state index contributed by atoms with van der Waals surface area (Å²) in [4.78, 5) is 47.4. The molecule has 12 heteroatoms. The highest BCUT2D eigenvalue weighted by Gasteiger charge is 2.34. The molecule has 1 aliphatic heterocycles. The van der Waals surface area contributed by atoms with Gasteiger partial charge >= 0.3 is 12.1 Å². The molecule has 1 fully saturated rings. The van der Waals surface area contributed by atoms with Crippen LogP contribution in [0.5, 0.6) is 0 Å². The Labute approximate surface area is 184 Å². The van der Waals surface area contributed by atoms with E-state index in [1.54, 1.807) is 0 Å². The first-order valence-electron chi connectivity index (χ1n) is 9.11. The van der Waals surface area contributed by atoms with Crippen molar-refractivity contribution >= 4 is 46.7 Å². The Morgan fingerprint density at radius 3 is 2.44 bits per heavy atom. The van der Waals surface area contributed by atoms with E-state index in [-0.39, 0.29) is 35.2 Å². The van der Waals surface area contributed by atoms with Gasteiger partial charge in [0.2, 0.25) is 11.8 Å². The third-order valence-corrected chi connectivity index (χ3v) is 4.54. The predicted octanol–water partition coefficient (Wildman–Crippen LogP) is 3.31. The van der Waals surface area contributed by atoms with E-state index in [1.807, 2.05) is 5.32 Å². The first kappa shape index (κ1) is 23.1. The number of hydrazine groups is 1. The zero-order valence-corrected chi connectivity index (χ0v) is 16.9. The fourth-order valence-corrected chi connectivity index (χ4v) is 2.96. The maximum Gasteiger partial charge on any atom is 0.418 e. The number of carbonyl (C=O) groups is 4. The van der Waals surface area contributed by atoms with Crippen molar-refractivity contribution in [3.05, 3.63) is 58.6 Å². The van der Waals surface area contributed by atoms with Crippen molar-refractivity contribution in [2.24, 2.45) is 0 Å². The van der Waals surface area contributed by atoms with Gasteiger partial charge in [0.25, 0.3) is 5.91 Å². The van der Waals surface area contributed by atoms with Crippen LogP contribution in [0.1, 0.15) is 28.8 Å². The molecule has 1 saturated heterocycles. The predicted molar refractivity (Wildman–Crippen MR) is 107 cm³/mol. The van der Waals surface area contributed by atoms with Crippen LogP contribution in [0, 0.1) is 0 Å². The maximum atomic E-state index is 13.1. The van der Waals surface area contributed by atoms with E-state index < -0.39 is 35.9 Å². The number of rotatable bonds is 5. The molecule has 2 N–H and O–H groups in total. The van der Waals surface area contributed by atoms with E-state index in [0.29, 0.717) is 11.8 Å². The molecule has 0 radical (unpaired) electrons. The van der Waals surface area contributed by atoms with Crippen LogP contribution in [-0.2, 0) is 25.3 Å². The molecule has 32 heavy (non-hydrogen) atoms. The van der Waals surface area contributed by atoms with Gasteiger partial charge in [0.05, 0.1) is 22.5 Å². The monoisotopic (exact) mass is 469 g/mol. The van der Waals surface area contributed by atoms with Crippen molar-refractivity contribution in [3.63, 3.8) is 0 Å². The van der Waals surface area contributed by atoms with Crippen LogP contribution in [0.4, 0.5) is 24.5 Å². The second-order valence-electron chi connectivity index (χ2n) is 6.62. The smallest absolute Gasteiger partial charge is 0.418 e. The highest BCUT2D eigenvalue weighted by Crippen LogP contribution is 2.36. The van der Waals surface area contributed by atoms with E-state index >= 15 is 0 Å². The quantitative estimate of drug-likeness (QED) is 0.654. The molecule has 3 rings (SSSR count). The van der Waals surface area contributed by atoms with Crippen LogP contribution in [0.15, 0.2) is 42.5 Å². The molecule has 8 nitrogen and oxygen atoms in total. The Hall–Kier alpha value is -3.60. The molecule has 2 aromatic rings. The molecular weight excluding hydrogens is 455 g/mol. The van der Waals surface area contributed by atoms with Crippen LogP contribution < -0.4 is 15.8 Å². The minimum Gasteiger partial charge on any atom is -0.452 e. The summed E-state index contributed by atoms with van der Waals surface area (Å²) in [5, 5.41) is 2.93. The number of carbonyl (C=O) groups excluding carboxylic acids is 4. The lowest BCUT2D eigenvalue weighted by Crippen LogP contribution is -2.50. The van der Waals surface area contributed by atoms with Crippen molar-refractivity contribution in [3.8, 4) is 0 Å². The summed E-state index contributed by atoms with van der Waals surface area (Å²) in [5.41, 5.74) is 1.08. The second kappa shape index (κ2) is 9.27. The molecular formula is C20H15ClF3N3O5. The van der Waals surface area contributed by atoms with Crippen molar-refractivity contribution in [2.45, 2.75) is 19.0 Å². The number of nitrogens with zero attached hydrogens (tertiary/aromatic N) is 1. The Bertz CT molecular complexity index is 1070. The third kappa shape index (κ3) is 5.55. The summed E-state index contributed by atoms with van der Waals surface area (Å²) >= 11 is 5.58. The Kier molecular flexibility index (Phi) is 6.68. The fourth-order valence-electron chi connectivity index (χ4n) is 2.79. The third-order valence-electron chi connectivity index (χ3n) is 4.31. The van der Waals surface area contributed by atoms with E-state index in [2.05, 4.69) is 5.43 Å². The average Bonchev–Trinajstić information content (AvgIpc) is 2.74. The lowest BCUT2D eigenvalue weighted by molar-refractivity contribution is -0.137. The summed E-state index contributed by atoms with van der Waals surface area (Å²) in [6.45, 7) is -0.832. The number of amides is 3. The first-order chi connectivity index (χ1) is 15.0. The van der Waals surface area contributed by atoms with Crippen molar-refractivity contribution in [2.75, 3.05) is 16.9 Å². The number of ether oxygens (including phenoxy) is 1. The highest BCUT2D eigenvalue weighted by atomic mass is 35.5. The minimum absolute atomic E-state index is 0.0276. The number of nitrogens with one attached hydrogen (secondary N) is 2. The Morgan fingerprint density at radius 2 is 1.78 bits per heavy atom. The summed E-state index contributed by atoms with van der Waals surface area (Å²) in [7, 11) is 0. The molecule has 2 aromatic carbocycles. The van der Waals surface area contributed by atoms with Crippen molar-refractivity contribution < 1.29 is 37.1 Å². The topological polar surface area (TPSA) is 105 Å². The maximum absolute atomic E-state index is 13.1. The lowest BCUT2D eigenvalue weighted by Gasteiger charge is -2.27. The number of halogens is 4. The van der Waals surface area contributed by atoms with E-state index in [1.165, 1.54) is 30.3 Å². The van der Waals surface area contributed by atoms with Crippen molar-refractivity contribution in [1.82, 2.24) is 5.43 Å². The molecule has 0 spiro atoms. The summed E-state index contributed by atoms with van der Waals surface area (Å²) < 4.78 is 44.1. The largest absolute Gasteiger partial charge is 0.452 e. The Morgan fingerprint density at radius 1 is 1.09 bits per heavy atom. The van der Waals surface area contributed by atoms with Gasteiger partial charge in [0.1, 0.15) is 0 Å². The van der Waals surface area contributed by atoms with E-state index in [0.717, 1.165) is 11.1 Å². The summed E-state index contributed by atoms with van der Waals surface area (Å²) in [6.07, 6.45) is -4.61. The number of hydrogen-bond acceptors (Lipinski definition) is 5. The SMILES string of the molecule is O=C(COC(=O)c1ccc(N2NC(=O)CCC2=O)cc1)Nc1ccc(Cl)cc1C(F)(F)F. The van der Waals surface area contributed by atoms with Gasteiger partial charge < -0.3 is 10.1 Å². The zero-order chi connectivity index (χ0) is 23.5. The number of anilines is 2. The van der Waals surface area contributed by atoms with Crippen LogP contribution >= 0.6 is 11.6 Å².